The van der Waals surface area contributed by atoms with E-state index in [0.717, 1.165) is 6.42 Å². The first-order valence-corrected chi connectivity index (χ1v) is 6.65. The molecule has 0 spiro atoms. The van der Waals surface area contributed by atoms with Crippen LogP contribution in [0.3, 0.4) is 0 Å². The molecule has 0 aromatic carbocycles. The molecule has 102 valence electrons. The normalized spacial score (nSPS) is 14.3. The molecule has 2 rings (SSSR count). The molecule has 0 aliphatic carbocycles. The molecule has 0 bridgehead atoms. The highest BCUT2D eigenvalue weighted by molar-refractivity contribution is 6.35. The Balaban J connectivity index is 2.52. The number of aromatic amines is 1. The number of halogens is 1. The number of nitrogens with one attached hydrogen (secondary N) is 1. The molecule has 2 atom stereocenters. The molecule has 5 nitrogen and oxygen atoms in total. The zero-order valence-corrected chi connectivity index (χ0v) is 11.9. The van der Waals surface area contributed by atoms with Crippen molar-refractivity contribution in [1.82, 2.24) is 15.0 Å². The lowest BCUT2D eigenvalue weighted by atomic mass is 10.1. The van der Waals surface area contributed by atoms with Crippen molar-refractivity contribution in [2.75, 3.05) is 0 Å². The number of fused-ring (bicyclic) bond motifs is 1. The van der Waals surface area contributed by atoms with Crippen molar-refractivity contribution < 1.29 is 9.53 Å². The van der Waals surface area contributed by atoms with Gasteiger partial charge in [-0.25, -0.2) is 9.97 Å². The minimum atomic E-state index is -0.601. The third-order valence-corrected chi connectivity index (χ3v) is 3.15. The van der Waals surface area contributed by atoms with Crippen LogP contribution in [0, 0.1) is 0 Å². The average molecular weight is 282 g/mol. The van der Waals surface area contributed by atoms with Crippen LogP contribution in [0.2, 0.25) is 0 Å². The van der Waals surface area contributed by atoms with E-state index in [0.29, 0.717) is 22.5 Å². The smallest absolute Gasteiger partial charge is 0.227 e. The highest BCUT2D eigenvalue weighted by Crippen LogP contribution is 2.27. The Bertz CT molecular complexity index is 595. The second-order valence-corrected chi connectivity index (χ2v) is 5.08. The van der Waals surface area contributed by atoms with Gasteiger partial charge in [0.05, 0.1) is 22.4 Å². The zero-order valence-electron chi connectivity index (χ0n) is 11.1. The fourth-order valence-electron chi connectivity index (χ4n) is 1.71. The van der Waals surface area contributed by atoms with E-state index >= 15 is 0 Å². The molecule has 0 aliphatic rings. The van der Waals surface area contributed by atoms with Crippen LogP contribution in [0.4, 0.5) is 0 Å². The van der Waals surface area contributed by atoms with E-state index in [9.17, 15) is 4.79 Å². The number of rotatable bonds is 5. The van der Waals surface area contributed by atoms with Gasteiger partial charge in [0.2, 0.25) is 5.88 Å². The maximum atomic E-state index is 12.1. The van der Waals surface area contributed by atoms with Gasteiger partial charge < -0.3 is 9.72 Å². The van der Waals surface area contributed by atoms with Crippen molar-refractivity contribution in [2.24, 2.45) is 0 Å². The first-order chi connectivity index (χ1) is 9.04. The van der Waals surface area contributed by atoms with Crippen LogP contribution < -0.4 is 4.74 Å². The number of carbonyl (C=O) groups is 1. The van der Waals surface area contributed by atoms with Gasteiger partial charge in [0.1, 0.15) is 12.0 Å². The molecule has 2 aromatic heterocycles. The number of alkyl halides is 1. The number of ether oxygens (including phenoxy) is 1. The number of carbonyl (C=O) groups excluding carboxylic acids is 1. The monoisotopic (exact) mass is 281 g/mol. The largest absolute Gasteiger partial charge is 0.474 e. The number of hydrogen-bond donors (Lipinski definition) is 1. The number of nitrogens with zero attached hydrogens (tertiary/aromatic N) is 2. The molecule has 0 fully saturated rings. The summed E-state index contributed by atoms with van der Waals surface area (Å²) < 4.78 is 5.74. The molecule has 0 aliphatic heterocycles. The van der Waals surface area contributed by atoms with Gasteiger partial charge in [-0.15, -0.1) is 11.6 Å². The summed E-state index contributed by atoms with van der Waals surface area (Å²) in [6, 6.07) is 0. The van der Waals surface area contributed by atoms with Crippen molar-refractivity contribution in [3.05, 3.63) is 18.1 Å². The van der Waals surface area contributed by atoms with Gasteiger partial charge >= 0.3 is 0 Å². The Morgan fingerprint density at radius 2 is 2.21 bits per heavy atom. The Labute approximate surface area is 116 Å². The van der Waals surface area contributed by atoms with E-state index in [1.807, 2.05) is 13.8 Å². The first kappa shape index (κ1) is 13.8. The lowest BCUT2D eigenvalue weighted by Crippen LogP contribution is -2.13. The SMILES string of the molecule is CCC(C)Oc1ncnc2[nH]cc(C(=O)C(C)Cl)c12. The van der Waals surface area contributed by atoms with E-state index in [1.54, 1.807) is 13.1 Å². The standard InChI is InChI=1S/C13H16ClN3O2/c1-4-7(2)19-13-10-9(11(18)8(3)14)5-15-12(10)16-6-17-13/h5-8H,4H2,1-3H3,(H,15,16,17). The van der Waals surface area contributed by atoms with Crippen molar-refractivity contribution in [3.8, 4) is 5.88 Å². The van der Waals surface area contributed by atoms with Gasteiger partial charge in [-0.2, -0.15) is 0 Å². The minimum absolute atomic E-state index is 0.0179. The summed E-state index contributed by atoms with van der Waals surface area (Å²) in [5, 5.41) is -0.00375. The van der Waals surface area contributed by atoms with Crippen LogP contribution in [0.5, 0.6) is 5.88 Å². The van der Waals surface area contributed by atoms with E-state index in [1.165, 1.54) is 6.33 Å². The van der Waals surface area contributed by atoms with Gasteiger partial charge in [0.25, 0.3) is 0 Å². The van der Waals surface area contributed by atoms with Crippen LogP contribution in [0.25, 0.3) is 11.0 Å². The van der Waals surface area contributed by atoms with Gasteiger partial charge in [-0.3, -0.25) is 4.79 Å². The Hall–Kier alpha value is -1.62. The van der Waals surface area contributed by atoms with Crippen LogP contribution in [0.1, 0.15) is 37.6 Å². The molecule has 0 saturated heterocycles. The molecule has 19 heavy (non-hydrogen) atoms. The fourth-order valence-corrected chi connectivity index (χ4v) is 1.82. The lowest BCUT2D eigenvalue weighted by molar-refractivity contribution is 0.0993. The number of aromatic nitrogens is 3. The Morgan fingerprint density at radius 1 is 1.47 bits per heavy atom. The second-order valence-electron chi connectivity index (χ2n) is 4.42. The number of Topliss-reactive ketones (excluding diaryl/α,β-unsaturated/α-hetero) is 1. The highest BCUT2D eigenvalue weighted by atomic mass is 35.5. The highest BCUT2D eigenvalue weighted by Gasteiger charge is 2.21. The average Bonchev–Trinajstić information content (AvgIpc) is 2.82. The molecule has 2 heterocycles. The van der Waals surface area contributed by atoms with Gasteiger partial charge in [-0.1, -0.05) is 6.92 Å². The van der Waals surface area contributed by atoms with Crippen LogP contribution in [0.15, 0.2) is 12.5 Å². The maximum Gasteiger partial charge on any atom is 0.227 e. The predicted octanol–water partition coefficient (Wildman–Crippen LogP) is 2.95. The Morgan fingerprint density at radius 3 is 2.84 bits per heavy atom. The van der Waals surface area contributed by atoms with Crippen LogP contribution >= 0.6 is 11.6 Å². The second kappa shape index (κ2) is 5.57. The summed E-state index contributed by atoms with van der Waals surface area (Å²) in [6.07, 6.45) is 3.88. The lowest BCUT2D eigenvalue weighted by Gasteiger charge is -2.12. The molecule has 6 heteroatoms. The number of H-pyrrole nitrogens is 1. The van der Waals surface area contributed by atoms with Crippen LogP contribution in [-0.2, 0) is 0 Å². The molecular weight excluding hydrogens is 266 g/mol. The molecular formula is C13H16ClN3O2. The maximum absolute atomic E-state index is 12.1. The topological polar surface area (TPSA) is 67.9 Å². The number of hydrogen-bond acceptors (Lipinski definition) is 4. The van der Waals surface area contributed by atoms with Crippen molar-refractivity contribution in [1.29, 1.82) is 0 Å². The van der Waals surface area contributed by atoms with Crippen molar-refractivity contribution in [3.63, 3.8) is 0 Å². The summed E-state index contributed by atoms with van der Waals surface area (Å²) in [6.45, 7) is 5.61. The van der Waals surface area contributed by atoms with Crippen molar-refractivity contribution >= 4 is 28.4 Å². The molecule has 1 N–H and O–H groups in total. The first-order valence-electron chi connectivity index (χ1n) is 6.21. The van der Waals surface area contributed by atoms with E-state index in [4.69, 9.17) is 16.3 Å². The van der Waals surface area contributed by atoms with Crippen molar-refractivity contribution in [2.45, 2.75) is 38.7 Å². The van der Waals surface area contributed by atoms with Gasteiger partial charge in [0, 0.05) is 6.20 Å². The van der Waals surface area contributed by atoms with E-state index < -0.39 is 5.38 Å². The van der Waals surface area contributed by atoms with Gasteiger partial charge in [-0.05, 0) is 20.3 Å². The molecule has 2 aromatic rings. The summed E-state index contributed by atoms with van der Waals surface area (Å²) in [5.74, 6) is 0.248. The van der Waals surface area contributed by atoms with E-state index in [2.05, 4.69) is 15.0 Å². The quantitative estimate of drug-likeness (QED) is 0.676. The Kier molecular flexibility index (Phi) is 4.04. The molecule has 0 amide bonds. The third-order valence-electron chi connectivity index (χ3n) is 2.95. The molecule has 0 radical (unpaired) electrons. The van der Waals surface area contributed by atoms with E-state index in [-0.39, 0.29) is 11.9 Å². The molecule has 2 unspecified atom stereocenters. The summed E-state index contributed by atoms with van der Waals surface area (Å²) in [5.41, 5.74) is 1.05. The predicted molar refractivity (Wildman–Crippen MR) is 73.9 cm³/mol. The fraction of sp³-hybridized carbons (Fsp3) is 0.462. The van der Waals surface area contributed by atoms with Crippen LogP contribution in [-0.4, -0.2) is 32.2 Å². The third kappa shape index (κ3) is 2.71. The van der Waals surface area contributed by atoms with Gasteiger partial charge in [0.15, 0.2) is 5.78 Å². The summed E-state index contributed by atoms with van der Waals surface area (Å²) in [7, 11) is 0. The number of ketones is 1. The minimum Gasteiger partial charge on any atom is -0.474 e. The summed E-state index contributed by atoms with van der Waals surface area (Å²) in [4.78, 5) is 23.2. The molecule has 0 saturated carbocycles. The zero-order chi connectivity index (χ0) is 14.0. The summed E-state index contributed by atoms with van der Waals surface area (Å²) >= 11 is 5.86.